The number of hydrogen-bond acceptors (Lipinski definition) is 6. The summed E-state index contributed by atoms with van der Waals surface area (Å²) in [6, 6.07) is 8.33. The molecule has 2 aliphatic rings. The molecule has 1 aromatic heterocycles. The molecule has 0 amide bonds. The van der Waals surface area contributed by atoms with Crippen LogP contribution < -0.4 is 5.32 Å². The van der Waals surface area contributed by atoms with Gasteiger partial charge < -0.3 is 14.8 Å². The van der Waals surface area contributed by atoms with Crippen molar-refractivity contribution in [3.8, 4) is 0 Å². The van der Waals surface area contributed by atoms with Gasteiger partial charge in [0.05, 0.1) is 18.1 Å². The van der Waals surface area contributed by atoms with Gasteiger partial charge in [0, 0.05) is 51.9 Å². The fourth-order valence-electron chi connectivity index (χ4n) is 4.40. The second kappa shape index (κ2) is 9.57. The molecule has 0 radical (unpaired) electrons. The number of dihydropyridines is 1. The maximum atomic E-state index is 15.1. The number of ether oxygens (including phenoxy) is 2. The smallest absolute Gasteiger partial charge is 0.336 e. The van der Waals surface area contributed by atoms with Gasteiger partial charge in [0.15, 0.2) is 5.78 Å². The lowest BCUT2D eigenvalue weighted by Crippen LogP contribution is -2.36. The summed E-state index contributed by atoms with van der Waals surface area (Å²) in [6.45, 7) is 2.01. The predicted octanol–water partition coefficient (Wildman–Crippen LogP) is 5.09. The lowest BCUT2D eigenvalue weighted by atomic mass is 9.72. The summed E-state index contributed by atoms with van der Waals surface area (Å²) >= 11 is 8.02. The van der Waals surface area contributed by atoms with Gasteiger partial charge in [-0.3, -0.25) is 4.79 Å². The third-order valence-corrected chi connectivity index (χ3v) is 7.17. The Kier molecular flexibility index (Phi) is 6.79. The first-order valence-corrected chi connectivity index (χ1v) is 11.6. The Morgan fingerprint density at radius 2 is 2.06 bits per heavy atom. The van der Waals surface area contributed by atoms with Gasteiger partial charge in [0.1, 0.15) is 12.4 Å². The molecule has 2 aromatic rings. The molecule has 0 saturated carbocycles. The maximum absolute atomic E-state index is 15.1. The zero-order valence-electron chi connectivity index (χ0n) is 17.7. The minimum absolute atomic E-state index is 0.0356. The van der Waals surface area contributed by atoms with Gasteiger partial charge in [0.25, 0.3) is 0 Å². The van der Waals surface area contributed by atoms with Gasteiger partial charge in [-0.25, -0.2) is 9.18 Å². The summed E-state index contributed by atoms with van der Waals surface area (Å²) in [5, 5.41) is 5.39. The van der Waals surface area contributed by atoms with E-state index in [1.165, 1.54) is 19.2 Å². The normalized spacial score (nSPS) is 20.8. The van der Waals surface area contributed by atoms with Gasteiger partial charge >= 0.3 is 5.97 Å². The standard InChI is InChI=1S/C24H23ClFNO4S/c1-13-20(24(29)31-9-8-30-2)23(21-15(25)5-3-6-16(21)26)22-17(27-13)11-14(12-18(22)28)19-7-4-10-32-19/h3-7,10,14,23,27H,8-9,11-12H2,1-2H3/t14-,23+/m1/s1. The average Bonchev–Trinajstić information content (AvgIpc) is 3.28. The fourth-order valence-corrected chi connectivity index (χ4v) is 5.51. The van der Waals surface area contributed by atoms with E-state index < -0.39 is 17.7 Å². The number of esters is 1. The van der Waals surface area contributed by atoms with E-state index in [0.29, 0.717) is 23.4 Å². The molecule has 5 nitrogen and oxygen atoms in total. The summed E-state index contributed by atoms with van der Waals surface area (Å²) < 4.78 is 25.4. The van der Waals surface area contributed by atoms with Crippen molar-refractivity contribution in [2.75, 3.05) is 20.3 Å². The third-order valence-electron chi connectivity index (χ3n) is 5.80. The Morgan fingerprint density at radius 1 is 1.25 bits per heavy atom. The third kappa shape index (κ3) is 4.25. The highest BCUT2D eigenvalue weighted by atomic mass is 35.5. The van der Waals surface area contributed by atoms with Crippen LogP contribution in [0, 0.1) is 5.82 Å². The Bertz CT molecular complexity index is 1090. The lowest BCUT2D eigenvalue weighted by molar-refractivity contribution is -0.140. The number of ketones is 1. The van der Waals surface area contributed by atoms with Crippen molar-refractivity contribution in [3.63, 3.8) is 0 Å². The number of nitrogens with one attached hydrogen (secondary N) is 1. The molecule has 32 heavy (non-hydrogen) atoms. The molecular weight excluding hydrogens is 453 g/mol. The highest BCUT2D eigenvalue weighted by molar-refractivity contribution is 7.10. The van der Waals surface area contributed by atoms with Crippen LogP contribution >= 0.6 is 22.9 Å². The van der Waals surface area contributed by atoms with Crippen LogP contribution in [0.5, 0.6) is 0 Å². The molecule has 0 unspecified atom stereocenters. The number of benzene rings is 1. The first-order valence-electron chi connectivity index (χ1n) is 10.3. The van der Waals surface area contributed by atoms with Crippen LogP contribution in [0.15, 0.2) is 58.3 Å². The second-order valence-corrected chi connectivity index (χ2v) is 9.18. The van der Waals surface area contributed by atoms with Crippen LogP contribution in [0.4, 0.5) is 4.39 Å². The van der Waals surface area contributed by atoms with Gasteiger partial charge in [0.2, 0.25) is 0 Å². The Morgan fingerprint density at radius 3 is 2.75 bits per heavy atom. The van der Waals surface area contributed by atoms with Gasteiger partial charge in [-0.15, -0.1) is 11.3 Å². The molecule has 4 rings (SSSR count). The van der Waals surface area contributed by atoms with Crippen molar-refractivity contribution in [2.45, 2.75) is 31.6 Å². The summed E-state index contributed by atoms with van der Waals surface area (Å²) in [7, 11) is 1.50. The topological polar surface area (TPSA) is 64.6 Å². The van der Waals surface area contributed by atoms with Crippen LogP contribution in [0.2, 0.25) is 5.02 Å². The SMILES string of the molecule is COCCOC(=O)C1=C(C)NC2=C(C(=O)C[C@H](c3cccs3)C2)[C@@H]1c1c(F)cccc1Cl. The molecule has 2 atom stereocenters. The van der Waals surface area contributed by atoms with E-state index in [1.54, 1.807) is 24.3 Å². The van der Waals surface area contributed by atoms with E-state index in [9.17, 15) is 9.59 Å². The highest BCUT2D eigenvalue weighted by Crippen LogP contribution is 2.48. The molecule has 8 heteroatoms. The van der Waals surface area contributed by atoms with Gasteiger partial charge in [-0.2, -0.15) is 0 Å². The van der Waals surface area contributed by atoms with Crippen LogP contribution in [0.25, 0.3) is 0 Å². The highest BCUT2D eigenvalue weighted by Gasteiger charge is 2.43. The number of methoxy groups -OCH3 is 1. The van der Waals surface area contributed by atoms with Crippen molar-refractivity contribution in [2.24, 2.45) is 0 Å². The predicted molar refractivity (Wildman–Crippen MR) is 121 cm³/mol. The van der Waals surface area contributed by atoms with Crippen LogP contribution in [0.1, 0.15) is 42.0 Å². The lowest BCUT2D eigenvalue weighted by Gasteiger charge is -2.36. The van der Waals surface area contributed by atoms with Crippen molar-refractivity contribution in [3.05, 3.63) is 79.5 Å². The largest absolute Gasteiger partial charge is 0.460 e. The fraction of sp³-hybridized carbons (Fsp3) is 0.333. The molecule has 0 saturated heterocycles. The van der Waals surface area contributed by atoms with E-state index in [1.807, 2.05) is 17.5 Å². The Hall–Kier alpha value is -2.48. The van der Waals surface area contributed by atoms with Crippen molar-refractivity contribution >= 4 is 34.7 Å². The molecular formula is C24H23ClFNO4S. The number of hydrogen-bond donors (Lipinski definition) is 1. The molecule has 168 valence electrons. The number of carbonyl (C=O) groups excluding carboxylic acids is 2. The summed E-state index contributed by atoms with van der Waals surface area (Å²) in [5.74, 6) is -2.23. The first kappa shape index (κ1) is 22.7. The first-order chi connectivity index (χ1) is 15.4. The van der Waals surface area contributed by atoms with Crippen molar-refractivity contribution in [1.29, 1.82) is 0 Å². The number of rotatable bonds is 6. The van der Waals surface area contributed by atoms with E-state index in [0.717, 1.165) is 4.88 Å². The maximum Gasteiger partial charge on any atom is 0.336 e. The number of thiophene rings is 1. The van der Waals surface area contributed by atoms with E-state index in [2.05, 4.69) is 5.32 Å². The molecule has 2 heterocycles. The summed E-state index contributed by atoms with van der Waals surface area (Å²) in [6.07, 6.45) is 0.877. The van der Waals surface area contributed by atoms with Crippen LogP contribution in [0.3, 0.4) is 0 Å². The van der Waals surface area contributed by atoms with E-state index in [-0.39, 0.29) is 47.5 Å². The minimum Gasteiger partial charge on any atom is -0.460 e. The monoisotopic (exact) mass is 475 g/mol. The Labute approximate surface area is 194 Å². The number of carbonyl (C=O) groups is 2. The second-order valence-electron chi connectivity index (χ2n) is 7.80. The van der Waals surface area contributed by atoms with Crippen LogP contribution in [-0.2, 0) is 19.1 Å². The molecule has 1 aliphatic carbocycles. The molecule has 1 N–H and O–H groups in total. The van der Waals surface area contributed by atoms with Crippen molar-refractivity contribution in [1.82, 2.24) is 5.32 Å². The molecule has 0 bridgehead atoms. The number of allylic oxidation sites excluding steroid dienone is 3. The number of halogens is 2. The molecule has 1 aliphatic heterocycles. The molecule has 0 fully saturated rings. The minimum atomic E-state index is -0.938. The Balaban J connectivity index is 1.81. The van der Waals surface area contributed by atoms with E-state index >= 15 is 4.39 Å². The number of Topliss-reactive ketones (excluding diaryl/α,β-unsaturated/α-hetero) is 1. The summed E-state index contributed by atoms with van der Waals surface area (Å²) in [4.78, 5) is 27.6. The van der Waals surface area contributed by atoms with E-state index in [4.69, 9.17) is 21.1 Å². The van der Waals surface area contributed by atoms with Gasteiger partial charge in [-0.1, -0.05) is 23.7 Å². The van der Waals surface area contributed by atoms with Crippen molar-refractivity contribution < 1.29 is 23.5 Å². The average molecular weight is 476 g/mol. The van der Waals surface area contributed by atoms with Crippen LogP contribution in [-0.4, -0.2) is 32.1 Å². The quantitative estimate of drug-likeness (QED) is 0.465. The van der Waals surface area contributed by atoms with Gasteiger partial charge in [-0.05, 0) is 36.9 Å². The zero-order valence-corrected chi connectivity index (χ0v) is 19.3. The molecule has 0 spiro atoms. The molecule has 1 aromatic carbocycles. The summed E-state index contributed by atoms with van der Waals surface area (Å²) in [5.41, 5.74) is 1.91. The zero-order chi connectivity index (χ0) is 22.8.